The second kappa shape index (κ2) is 11.4. The molecule has 1 aromatic carbocycles. The van der Waals surface area contributed by atoms with Gasteiger partial charge in [0.2, 0.25) is 0 Å². The maximum Gasteiger partial charge on any atom is 0.191 e. The number of ether oxygens (including phenoxy) is 2. The monoisotopic (exact) mass is 435 g/mol. The van der Waals surface area contributed by atoms with Gasteiger partial charge in [0.15, 0.2) is 17.5 Å². The third-order valence-corrected chi connectivity index (χ3v) is 3.58. The van der Waals surface area contributed by atoms with Crippen molar-refractivity contribution < 1.29 is 9.47 Å². The number of rotatable bonds is 7. The zero-order valence-corrected chi connectivity index (χ0v) is 17.3. The van der Waals surface area contributed by atoms with E-state index in [1.165, 1.54) is 0 Å². The van der Waals surface area contributed by atoms with Crippen molar-refractivity contribution in [1.82, 2.24) is 10.6 Å². The molecule has 0 amide bonds. The first-order valence-corrected chi connectivity index (χ1v) is 7.78. The van der Waals surface area contributed by atoms with Crippen molar-refractivity contribution in [3.8, 4) is 11.5 Å². The Morgan fingerprint density at radius 1 is 1.22 bits per heavy atom. The predicted molar refractivity (Wildman–Crippen MR) is 107 cm³/mol. The van der Waals surface area contributed by atoms with E-state index >= 15 is 0 Å². The van der Waals surface area contributed by atoms with E-state index < -0.39 is 0 Å². The second-order valence-corrected chi connectivity index (χ2v) is 5.52. The highest BCUT2D eigenvalue weighted by Gasteiger charge is 2.09. The summed E-state index contributed by atoms with van der Waals surface area (Å²) in [5.41, 5.74) is 1.11. The van der Waals surface area contributed by atoms with Crippen LogP contribution in [0.5, 0.6) is 11.5 Å². The van der Waals surface area contributed by atoms with Gasteiger partial charge in [-0.2, -0.15) is 0 Å². The highest BCUT2D eigenvalue weighted by molar-refractivity contribution is 14.0. The minimum absolute atomic E-state index is 0. The number of guanidine groups is 1. The maximum atomic E-state index is 5.53. The lowest BCUT2D eigenvalue weighted by Gasteiger charge is -2.21. The fraction of sp³-hybridized carbons (Fsp3) is 0.588. The fourth-order valence-corrected chi connectivity index (χ4v) is 1.86. The lowest BCUT2D eigenvalue weighted by Crippen LogP contribution is -2.43. The summed E-state index contributed by atoms with van der Waals surface area (Å²) in [6.07, 6.45) is 0. The molecule has 1 unspecified atom stereocenters. The van der Waals surface area contributed by atoms with Crippen LogP contribution in [0, 0.1) is 5.92 Å². The normalized spacial score (nSPS) is 12.4. The Morgan fingerprint density at radius 3 is 2.43 bits per heavy atom. The van der Waals surface area contributed by atoms with Crippen LogP contribution >= 0.6 is 24.0 Å². The second-order valence-electron chi connectivity index (χ2n) is 5.52. The summed E-state index contributed by atoms with van der Waals surface area (Å²) in [6, 6.07) is 6.31. The summed E-state index contributed by atoms with van der Waals surface area (Å²) in [7, 11) is 3.43. The van der Waals surface area contributed by atoms with Crippen LogP contribution in [0.1, 0.15) is 33.3 Å². The number of nitrogens with one attached hydrogen (secondary N) is 2. The van der Waals surface area contributed by atoms with Crippen molar-refractivity contribution in [3.05, 3.63) is 23.8 Å². The van der Waals surface area contributed by atoms with Gasteiger partial charge >= 0.3 is 0 Å². The third-order valence-electron chi connectivity index (χ3n) is 3.58. The molecule has 2 N–H and O–H groups in total. The van der Waals surface area contributed by atoms with Crippen LogP contribution in [0.15, 0.2) is 23.2 Å². The number of halogens is 1. The van der Waals surface area contributed by atoms with E-state index in [0.29, 0.717) is 25.1 Å². The van der Waals surface area contributed by atoms with Crippen LogP contribution in [-0.4, -0.2) is 32.8 Å². The standard InChI is InChI=1S/C17H29N3O2.HI/c1-7-22-15-9-8-14(10-16(15)21-6)11-19-17(18-5)20-13(4)12(2)3;/h8-10,12-13H,7,11H2,1-6H3,(H2,18,19,20);1H. The van der Waals surface area contributed by atoms with Gasteiger partial charge in [0.1, 0.15) is 0 Å². The molecule has 0 bridgehead atoms. The molecular weight excluding hydrogens is 405 g/mol. The van der Waals surface area contributed by atoms with Gasteiger partial charge in [0.05, 0.1) is 13.7 Å². The Bertz CT molecular complexity index is 493. The minimum Gasteiger partial charge on any atom is -0.493 e. The van der Waals surface area contributed by atoms with Gasteiger partial charge in [-0.15, -0.1) is 24.0 Å². The van der Waals surface area contributed by atoms with Gasteiger partial charge in [-0.05, 0) is 37.5 Å². The molecule has 0 saturated heterocycles. The van der Waals surface area contributed by atoms with Crippen molar-refractivity contribution in [2.75, 3.05) is 20.8 Å². The summed E-state index contributed by atoms with van der Waals surface area (Å²) in [5, 5.41) is 6.70. The molecule has 0 fully saturated rings. The fourth-order valence-electron chi connectivity index (χ4n) is 1.86. The van der Waals surface area contributed by atoms with E-state index in [2.05, 4.69) is 36.4 Å². The summed E-state index contributed by atoms with van der Waals surface area (Å²) in [4.78, 5) is 4.25. The molecule has 1 atom stereocenters. The van der Waals surface area contributed by atoms with Gasteiger partial charge in [0.25, 0.3) is 0 Å². The SMILES string of the molecule is CCOc1ccc(CNC(=NC)NC(C)C(C)C)cc1OC.I. The van der Waals surface area contributed by atoms with Crippen LogP contribution in [-0.2, 0) is 6.54 Å². The Hall–Kier alpha value is -1.18. The molecule has 0 heterocycles. The molecule has 23 heavy (non-hydrogen) atoms. The van der Waals surface area contributed by atoms with Crippen molar-refractivity contribution in [3.63, 3.8) is 0 Å². The molecule has 1 rings (SSSR count). The lowest BCUT2D eigenvalue weighted by atomic mass is 10.1. The number of hydrogen-bond acceptors (Lipinski definition) is 3. The Morgan fingerprint density at radius 2 is 1.91 bits per heavy atom. The number of hydrogen-bond donors (Lipinski definition) is 2. The molecule has 0 spiro atoms. The van der Waals surface area contributed by atoms with Gasteiger partial charge in [-0.1, -0.05) is 19.9 Å². The molecule has 0 aliphatic heterocycles. The minimum atomic E-state index is 0. The van der Waals surface area contributed by atoms with Crippen molar-refractivity contribution >= 4 is 29.9 Å². The molecule has 6 heteroatoms. The molecule has 0 aromatic heterocycles. The molecule has 5 nitrogen and oxygen atoms in total. The van der Waals surface area contributed by atoms with E-state index in [9.17, 15) is 0 Å². The summed E-state index contributed by atoms with van der Waals surface area (Å²) in [6.45, 7) is 9.77. The topological polar surface area (TPSA) is 54.9 Å². The molecule has 0 radical (unpaired) electrons. The zero-order valence-electron chi connectivity index (χ0n) is 15.0. The van der Waals surface area contributed by atoms with Crippen molar-refractivity contribution in [2.45, 2.75) is 40.3 Å². The predicted octanol–water partition coefficient (Wildman–Crippen LogP) is 3.42. The molecule has 132 valence electrons. The van der Waals surface area contributed by atoms with Gasteiger partial charge < -0.3 is 20.1 Å². The third kappa shape index (κ3) is 7.28. The Kier molecular flexibility index (Phi) is 10.8. The van der Waals surface area contributed by atoms with E-state index in [0.717, 1.165) is 23.0 Å². The first kappa shape index (κ1) is 21.8. The van der Waals surface area contributed by atoms with Crippen molar-refractivity contribution in [2.24, 2.45) is 10.9 Å². The van der Waals surface area contributed by atoms with E-state index in [1.54, 1.807) is 14.2 Å². The first-order chi connectivity index (χ1) is 10.5. The maximum absolute atomic E-state index is 5.53. The highest BCUT2D eigenvalue weighted by atomic mass is 127. The number of methoxy groups -OCH3 is 1. The van der Waals surface area contributed by atoms with Crippen LogP contribution in [0.4, 0.5) is 0 Å². The summed E-state index contributed by atoms with van der Waals surface area (Å²) >= 11 is 0. The molecule has 0 aliphatic rings. The van der Waals surface area contributed by atoms with Gasteiger partial charge in [-0.3, -0.25) is 4.99 Å². The number of benzene rings is 1. The molecule has 1 aromatic rings. The van der Waals surface area contributed by atoms with Gasteiger partial charge in [0, 0.05) is 19.6 Å². The summed E-state index contributed by atoms with van der Waals surface area (Å²) < 4.78 is 10.9. The van der Waals surface area contributed by atoms with E-state index in [1.807, 2.05) is 25.1 Å². The lowest BCUT2D eigenvalue weighted by molar-refractivity contribution is 0.310. The smallest absolute Gasteiger partial charge is 0.191 e. The van der Waals surface area contributed by atoms with Crippen LogP contribution in [0.3, 0.4) is 0 Å². The molecule has 0 aliphatic carbocycles. The highest BCUT2D eigenvalue weighted by Crippen LogP contribution is 2.27. The quantitative estimate of drug-likeness (QED) is 0.392. The van der Waals surface area contributed by atoms with Crippen LogP contribution in [0.25, 0.3) is 0 Å². The van der Waals surface area contributed by atoms with Crippen molar-refractivity contribution in [1.29, 1.82) is 0 Å². The molecule has 0 saturated carbocycles. The van der Waals surface area contributed by atoms with Crippen LogP contribution in [0.2, 0.25) is 0 Å². The average Bonchev–Trinajstić information content (AvgIpc) is 2.52. The zero-order chi connectivity index (χ0) is 16.5. The Balaban J connectivity index is 0.00000484. The Labute approximate surface area is 157 Å². The number of aliphatic imine (C=N–C) groups is 1. The van der Waals surface area contributed by atoms with Gasteiger partial charge in [-0.25, -0.2) is 0 Å². The number of nitrogens with zero attached hydrogens (tertiary/aromatic N) is 1. The summed E-state index contributed by atoms with van der Waals surface area (Å²) in [5.74, 6) is 2.86. The molecular formula is C17H30IN3O2. The first-order valence-electron chi connectivity index (χ1n) is 7.78. The van der Waals surface area contributed by atoms with Crippen LogP contribution < -0.4 is 20.1 Å². The average molecular weight is 435 g/mol. The van der Waals surface area contributed by atoms with E-state index in [-0.39, 0.29) is 24.0 Å². The largest absolute Gasteiger partial charge is 0.493 e. The van der Waals surface area contributed by atoms with E-state index in [4.69, 9.17) is 9.47 Å².